The molecular weight excluding hydrogens is 552 g/mol. The maximum Gasteiger partial charge on any atom is 0.274 e. The van der Waals surface area contributed by atoms with Crippen LogP contribution in [0.3, 0.4) is 0 Å². The Labute approximate surface area is 250 Å². The van der Waals surface area contributed by atoms with E-state index in [1.807, 2.05) is 51.1 Å². The summed E-state index contributed by atoms with van der Waals surface area (Å²) in [5.74, 6) is -0.954. The van der Waals surface area contributed by atoms with Crippen LogP contribution in [0, 0.1) is 17.3 Å². The van der Waals surface area contributed by atoms with Gasteiger partial charge in [0.2, 0.25) is 5.91 Å². The molecular formula is C31H40N6O6. The summed E-state index contributed by atoms with van der Waals surface area (Å²) in [6, 6.07) is 9.20. The molecule has 12 heteroatoms. The Balaban J connectivity index is 1.47. The summed E-state index contributed by atoms with van der Waals surface area (Å²) in [6.45, 7) is 5.86. The molecule has 0 spiro atoms. The predicted molar refractivity (Wildman–Crippen MR) is 156 cm³/mol. The molecule has 1 aliphatic rings. The van der Waals surface area contributed by atoms with Crippen molar-refractivity contribution in [3.63, 3.8) is 0 Å². The molecule has 1 saturated carbocycles. The maximum absolute atomic E-state index is 13.7. The van der Waals surface area contributed by atoms with Crippen LogP contribution in [0.25, 0.3) is 0 Å². The van der Waals surface area contributed by atoms with Crippen LogP contribution in [0.15, 0.2) is 47.2 Å². The topological polar surface area (TPSA) is 169 Å². The Morgan fingerprint density at radius 2 is 1.84 bits per heavy atom. The number of ketones is 2. The first-order valence-corrected chi connectivity index (χ1v) is 14.6. The molecule has 2 aromatic heterocycles. The van der Waals surface area contributed by atoms with Gasteiger partial charge >= 0.3 is 0 Å². The molecule has 0 unspecified atom stereocenters. The number of methoxy groups -OCH3 is 1. The smallest absolute Gasteiger partial charge is 0.274 e. The van der Waals surface area contributed by atoms with E-state index < -0.39 is 29.3 Å². The number of hydrogen-bond acceptors (Lipinski definition) is 9. The Kier molecular flexibility index (Phi) is 10.6. The van der Waals surface area contributed by atoms with Crippen molar-refractivity contribution in [3.8, 4) is 0 Å². The van der Waals surface area contributed by atoms with E-state index in [2.05, 4.69) is 31.0 Å². The zero-order valence-corrected chi connectivity index (χ0v) is 25.1. The van der Waals surface area contributed by atoms with E-state index in [-0.39, 0.29) is 48.5 Å². The Morgan fingerprint density at radius 1 is 1.09 bits per heavy atom. The second-order valence-electron chi connectivity index (χ2n) is 11.9. The van der Waals surface area contributed by atoms with E-state index in [1.54, 1.807) is 0 Å². The SMILES string of the molecule is COC[C@H](NC(=O)c1cc(Cc2ncn[nH]2)on1)C(=O)C[C@@H](Cc1ccccc1)C(=O)N[C@@H](CC(C)C)C(=O)C1(C)CC1. The van der Waals surface area contributed by atoms with Crippen LogP contribution >= 0.6 is 0 Å². The van der Waals surface area contributed by atoms with Crippen molar-refractivity contribution < 1.29 is 28.4 Å². The monoisotopic (exact) mass is 592 g/mol. The van der Waals surface area contributed by atoms with Gasteiger partial charge in [-0.15, -0.1) is 0 Å². The van der Waals surface area contributed by atoms with Crippen molar-refractivity contribution in [2.24, 2.45) is 17.3 Å². The zero-order chi connectivity index (χ0) is 31.0. The van der Waals surface area contributed by atoms with Crippen LogP contribution in [0.4, 0.5) is 0 Å². The number of Topliss-reactive ketones (excluding diaryl/α,β-unsaturated/α-hetero) is 2. The molecule has 3 aromatic rings. The van der Waals surface area contributed by atoms with Gasteiger partial charge in [0.1, 0.15) is 24.0 Å². The number of carbonyl (C=O) groups is 4. The average Bonchev–Trinajstić information content (AvgIpc) is 3.33. The number of benzene rings is 1. The molecule has 1 aliphatic carbocycles. The largest absolute Gasteiger partial charge is 0.382 e. The highest BCUT2D eigenvalue weighted by Crippen LogP contribution is 2.47. The van der Waals surface area contributed by atoms with Crippen molar-refractivity contribution in [1.82, 2.24) is 31.0 Å². The standard InChI is InChI=1S/C31H40N6O6/c1-19(2)12-23(28(39)31(3)10-11-31)34-29(40)21(13-20-8-6-5-7-9-20)14-26(38)25(17-42-4)35-30(41)24-15-22(43-37-24)16-27-32-18-33-36-27/h5-9,15,18-19,21,23,25H,10-14,16-17H2,1-4H3,(H,34,40)(H,35,41)(H,32,33,36)/t21-,23+,25+/m1/s1. The first-order valence-electron chi connectivity index (χ1n) is 14.6. The number of aromatic amines is 1. The molecule has 0 bridgehead atoms. The van der Waals surface area contributed by atoms with Crippen LogP contribution in [0.1, 0.15) is 74.1 Å². The van der Waals surface area contributed by atoms with Crippen LogP contribution < -0.4 is 10.6 Å². The lowest BCUT2D eigenvalue weighted by Crippen LogP contribution is -2.49. The average molecular weight is 593 g/mol. The minimum absolute atomic E-state index is 0.00870. The molecule has 2 amide bonds. The second kappa shape index (κ2) is 14.3. The van der Waals surface area contributed by atoms with Gasteiger partial charge in [0.15, 0.2) is 17.3 Å². The van der Waals surface area contributed by atoms with E-state index in [0.29, 0.717) is 24.4 Å². The van der Waals surface area contributed by atoms with Gasteiger partial charge in [-0.1, -0.05) is 56.3 Å². The molecule has 0 saturated heterocycles. The number of ether oxygens (including phenoxy) is 1. The van der Waals surface area contributed by atoms with Gasteiger partial charge in [-0.25, -0.2) is 4.98 Å². The number of nitrogens with zero attached hydrogens (tertiary/aromatic N) is 3. The highest BCUT2D eigenvalue weighted by atomic mass is 16.5. The first-order chi connectivity index (χ1) is 20.6. The quantitative estimate of drug-likeness (QED) is 0.213. The lowest BCUT2D eigenvalue weighted by Gasteiger charge is -2.26. The van der Waals surface area contributed by atoms with Gasteiger partial charge in [0.25, 0.3) is 5.91 Å². The molecule has 0 aliphatic heterocycles. The molecule has 3 N–H and O–H groups in total. The van der Waals surface area contributed by atoms with Gasteiger partial charge in [0, 0.05) is 30.9 Å². The molecule has 1 fully saturated rings. The summed E-state index contributed by atoms with van der Waals surface area (Å²) in [6.07, 6.45) is 3.90. The summed E-state index contributed by atoms with van der Waals surface area (Å²) in [4.78, 5) is 57.6. The molecule has 2 heterocycles. The third-order valence-corrected chi connectivity index (χ3v) is 7.70. The fraction of sp³-hybridized carbons (Fsp3) is 0.516. The third-order valence-electron chi connectivity index (χ3n) is 7.70. The number of carbonyl (C=O) groups excluding carboxylic acids is 4. The molecule has 1 aromatic carbocycles. The van der Waals surface area contributed by atoms with Crippen molar-refractivity contribution >= 4 is 23.4 Å². The Bertz CT molecular complexity index is 1380. The van der Waals surface area contributed by atoms with Gasteiger partial charge in [-0.05, 0) is 37.2 Å². The lowest BCUT2D eigenvalue weighted by molar-refractivity contribution is -0.134. The van der Waals surface area contributed by atoms with Crippen LogP contribution in [-0.4, -0.2) is 69.5 Å². The highest BCUT2D eigenvalue weighted by Gasteiger charge is 2.48. The van der Waals surface area contributed by atoms with Crippen molar-refractivity contribution in [2.75, 3.05) is 13.7 Å². The van der Waals surface area contributed by atoms with E-state index in [1.165, 1.54) is 19.5 Å². The molecule has 12 nitrogen and oxygen atoms in total. The number of amides is 2. The van der Waals surface area contributed by atoms with E-state index in [4.69, 9.17) is 9.26 Å². The predicted octanol–water partition coefficient (Wildman–Crippen LogP) is 2.85. The highest BCUT2D eigenvalue weighted by molar-refractivity contribution is 5.98. The normalized spacial score (nSPS) is 15.8. The molecule has 43 heavy (non-hydrogen) atoms. The Hall–Kier alpha value is -4.19. The van der Waals surface area contributed by atoms with Gasteiger partial charge in [0.05, 0.1) is 19.1 Å². The fourth-order valence-corrected chi connectivity index (χ4v) is 4.99. The number of H-pyrrole nitrogens is 1. The first kappa shape index (κ1) is 31.7. The van der Waals surface area contributed by atoms with Crippen LogP contribution in [0.5, 0.6) is 0 Å². The van der Waals surface area contributed by atoms with E-state index >= 15 is 0 Å². The van der Waals surface area contributed by atoms with Crippen LogP contribution in [-0.2, 0) is 32.0 Å². The van der Waals surface area contributed by atoms with E-state index in [0.717, 1.165) is 18.4 Å². The van der Waals surface area contributed by atoms with Gasteiger partial charge in [-0.3, -0.25) is 24.3 Å². The zero-order valence-electron chi connectivity index (χ0n) is 25.1. The number of hydrogen-bond donors (Lipinski definition) is 3. The lowest BCUT2D eigenvalue weighted by atomic mass is 9.88. The summed E-state index contributed by atoms with van der Waals surface area (Å²) >= 11 is 0. The van der Waals surface area contributed by atoms with Crippen molar-refractivity contribution in [3.05, 3.63) is 65.6 Å². The van der Waals surface area contributed by atoms with Gasteiger partial charge in [-0.2, -0.15) is 5.10 Å². The third kappa shape index (κ3) is 8.90. The summed E-state index contributed by atoms with van der Waals surface area (Å²) in [7, 11) is 1.42. The molecule has 0 radical (unpaired) electrons. The summed E-state index contributed by atoms with van der Waals surface area (Å²) in [5, 5.41) is 16.0. The van der Waals surface area contributed by atoms with Gasteiger partial charge < -0.3 is 19.9 Å². The van der Waals surface area contributed by atoms with Crippen molar-refractivity contribution in [2.45, 2.75) is 71.4 Å². The number of rotatable bonds is 17. The van der Waals surface area contributed by atoms with Crippen molar-refractivity contribution in [1.29, 1.82) is 0 Å². The molecule has 4 rings (SSSR count). The van der Waals surface area contributed by atoms with Crippen LogP contribution in [0.2, 0.25) is 0 Å². The fourth-order valence-electron chi connectivity index (χ4n) is 4.99. The minimum atomic E-state index is -1.03. The molecule has 230 valence electrons. The minimum Gasteiger partial charge on any atom is -0.382 e. The number of nitrogens with one attached hydrogen (secondary N) is 3. The maximum atomic E-state index is 13.7. The summed E-state index contributed by atoms with van der Waals surface area (Å²) < 4.78 is 10.5. The number of aromatic nitrogens is 4. The summed E-state index contributed by atoms with van der Waals surface area (Å²) in [5.41, 5.74) is 0.470. The Morgan fingerprint density at radius 3 is 2.47 bits per heavy atom. The molecule has 3 atom stereocenters. The van der Waals surface area contributed by atoms with E-state index in [9.17, 15) is 19.2 Å². The second-order valence-corrected chi connectivity index (χ2v) is 11.9.